The van der Waals surface area contributed by atoms with E-state index in [0.29, 0.717) is 6.61 Å². The lowest BCUT2D eigenvalue weighted by Gasteiger charge is -2.28. The first kappa shape index (κ1) is 12.8. The van der Waals surface area contributed by atoms with Crippen molar-refractivity contribution in [2.75, 3.05) is 13.7 Å². The van der Waals surface area contributed by atoms with Gasteiger partial charge in [-0.2, -0.15) is 0 Å². The first-order valence-electron chi connectivity index (χ1n) is 6.50. The number of para-hydroxylation sites is 1. The number of fused-ring (bicyclic) bond motifs is 2. The lowest BCUT2D eigenvalue weighted by molar-refractivity contribution is 0.0959. The molecule has 0 aromatic heterocycles. The molecule has 1 aliphatic rings. The van der Waals surface area contributed by atoms with Crippen molar-refractivity contribution in [3.8, 4) is 17.2 Å². The topological polar surface area (TPSA) is 27.7 Å². The van der Waals surface area contributed by atoms with Crippen molar-refractivity contribution in [2.45, 2.75) is 6.10 Å². The Hall–Kier alpha value is -2.26. The molecule has 0 N–H and O–H groups in total. The van der Waals surface area contributed by atoms with Crippen LogP contribution in [0.3, 0.4) is 0 Å². The molecule has 1 aliphatic heterocycles. The van der Waals surface area contributed by atoms with Gasteiger partial charge in [-0.25, -0.2) is 0 Å². The minimum atomic E-state index is -0.164. The van der Waals surface area contributed by atoms with Crippen LogP contribution in [0.15, 0.2) is 55.1 Å². The molecule has 20 heavy (non-hydrogen) atoms. The second-order valence-electron chi connectivity index (χ2n) is 4.55. The number of hydrogen-bond acceptors (Lipinski definition) is 3. The Kier molecular flexibility index (Phi) is 3.44. The Morgan fingerprint density at radius 3 is 2.75 bits per heavy atom. The number of hydrogen-bond donors (Lipinski definition) is 0. The van der Waals surface area contributed by atoms with Crippen molar-refractivity contribution in [1.82, 2.24) is 0 Å². The van der Waals surface area contributed by atoms with Gasteiger partial charge in [-0.3, -0.25) is 0 Å². The highest BCUT2D eigenvalue weighted by Crippen LogP contribution is 2.45. The Bertz CT molecular complexity index is 634. The van der Waals surface area contributed by atoms with Gasteiger partial charge in [0.15, 0.2) is 0 Å². The van der Waals surface area contributed by atoms with Gasteiger partial charge in [0.2, 0.25) is 0 Å². The minimum Gasteiger partial charge on any atom is -0.497 e. The van der Waals surface area contributed by atoms with Crippen LogP contribution in [0.4, 0.5) is 0 Å². The maximum Gasteiger partial charge on any atom is 0.133 e. The smallest absolute Gasteiger partial charge is 0.133 e. The van der Waals surface area contributed by atoms with Crippen molar-refractivity contribution in [3.05, 3.63) is 66.2 Å². The second-order valence-corrected chi connectivity index (χ2v) is 4.55. The number of rotatable bonds is 4. The zero-order valence-corrected chi connectivity index (χ0v) is 11.3. The van der Waals surface area contributed by atoms with E-state index in [0.717, 1.165) is 28.4 Å². The molecule has 3 nitrogen and oxygen atoms in total. The molecule has 0 saturated heterocycles. The molecule has 0 saturated carbocycles. The Balaban J connectivity index is 2.08. The average molecular weight is 268 g/mol. The lowest BCUT2D eigenvalue weighted by atomic mass is 9.97. The second kappa shape index (κ2) is 5.39. The molecule has 0 fully saturated rings. The van der Waals surface area contributed by atoms with E-state index in [1.165, 1.54) is 0 Å². The third-order valence-electron chi connectivity index (χ3n) is 3.30. The van der Waals surface area contributed by atoms with Crippen LogP contribution in [0.1, 0.15) is 17.2 Å². The summed E-state index contributed by atoms with van der Waals surface area (Å²) in [7, 11) is 1.65. The van der Waals surface area contributed by atoms with Crippen LogP contribution in [-0.2, 0) is 4.74 Å². The van der Waals surface area contributed by atoms with E-state index in [-0.39, 0.29) is 6.10 Å². The van der Waals surface area contributed by atoms with Crippen molar-refractivity contribution >= 4 is 0 Å². The maximum absolute atomic E-state index is 5.93. The fourth-order valence-corrected chi connectivity index (χ4v) is 2.37. The largest absolute Gasteiger partial charge is 0.497 e. The van der Waals surface area contributed by atoms with Crippen molar-refractivity contribution < 1.29 is 14.2 Å². The summed E-state index contributed by atoms with van der Waals surface area (Å²) in [5, 5.41) is 0. The fourth-order valence-electron chi connectivity index (χ4n) is 2.37. The zero-order chi connectivity index (χ0) is 13.9. The Morgan fingerprint density at radius 1 is 1.15 bits per heavy atom. The molecule has 3 rings (SSSR count). The molecule has 102 valence electrons. The molecule has 0 aliphatic carbocycles. The normalized spacial score (nSPS) is 15.8. The van der Waals surface area contributed by atoms with Gasteiger partial charge < -0.3 is 14.2 Å². The SMILES string of the molecule is C=CCOC1c2ccccc2Oc2ccc(OC)cc21. The van der Waals surface area contributed by atoms with Crippen LogP contribution < -0.4 is 9.47 Å². The summed E-state index contributed by atoms with van der Waals surface area (Å²) < 4.78 is 17.1. The molecule has 0 spiro atoms. The van der Waals surface area contributed by atoms with Crippen molar-refractivity contribution in [1.29, 1.82) is 0 Å². The molecule has 3 heteroatoms. The third kappa shape index (κ3) is 2.17. The number of benzene rings is 2. The van der Waals surface area contributed by atoms with Gasteiger partial charge >= 0.3 is 0 Å². The lowest BCUT2D eigenvalue weighted by Crippen LogP contribution is -2.13. The van der Waals surface area contributed by atoms with Gasteiger partial charge in [0.05, 0.1) is 13.7 Å². The molecule has 0 radical (unpaired) electrons. The van der Waals surface area contributed by atoms with Crippen LogP contribution in [0.25, 0.3) is 0 Å². The molecule has 1 heterocycles. The minimum absolute atomic E-state index is 0.164. The van der Waals surface area contributed by atoms with E-state index >= 15 is 0 Å². The Labute approximate surface area is 118 Å². The van der Waals surface area contributed by atoms with Crippen LogP contribution in [0, 0.1) is 0 Å². The van der Waals surface area contributed by atoms with E-state index in [1.807, 2.05) is 42.5 Å². The van der Waals surface area contributed by atoms with E-state index in [1.54, 1.807) is 13.2 Å². The predicted molar refractivity (Wildman–Crippen MR) is 77.5 cm³/mol. The summed E-state index contributed by atoms with van der Waals surface area (Å²) in [5.74, 6) is 2.43. The number of ether oxygens (including phenoxy) is 3. The number of methoxy groups -OCH3 is 1. The summed E-state index contributed by atoms with van der Waals surface area (Å²) in [5.41, 5.74) is 2.00. The summed E-state index contributed by atoms with van der Waals surface area (Å²) in [4.78, 5) is 0. The van der Waals surface area contributed by atoms with Gasteiger partial charge in [-0.1, -0.05) is 24.3 Å². The van der Waals surface area contributed by atoms with E-state index < -0.39 is 0 Å². The fraction of sp³-hybridized carbons (Fsp3) is 0.176. The van der Waals surface area contributed by atoms with Gasteiger partial charge in [-0.15, -0.1) is 6.58 Å². The van der Waals surface area contributed by atoms with Crippen LogP contribution in [0.5, 0.6) is 17.2 Å². The quantitative estimate of drug-likeness (QED) is 0.781. The molecule has 1 atom stereocenters. The van der Waals surface area contributed by atoms with Crippen LogP contribution in [-0.4, -0.2) is 13.7 Å². The molecule has 0 amide bonds. The van der Waals surface area contributed by atoms with E-state index in [9.17, 15) is 0 Å². The van der Waals surface area contributed by atoms with Gasteiger partial charge in [0.25, 0.3) is 0 Å². The standard InChI is InChI=1S/C17H16O3/c1-3-10-19-17-13-6-4-5-7-15(13)20-16-9-8-12(18-2)11-14(16)17/h3-9,11,17H,1,10H2,2H3. The third-order valence-corrected chi connectivity index (χ3v) is 3.30. The van der Waals surface area contributed by atoms with Crippen molar-refractivity contribution in [2.24, 2.45) is 0 Å². The molecule has 2 aromatic carbocycles. The summed E-state index contributed by atoms with van der Waals surface area (Å²) >= 11 is 0. The Morgan fingerprint density at radius 2 is 1.95 bits per heavy atom. The van der Waals surface area contributed by atoms with E-state index in [2.05, 4.69) is 6.58 Å². The first-order chi connectivity index (χ1) is 9.83. The average Bonchev–Trinajstić information content (AvgIpc) is 2.51. The van der Waals surface area contributed by atoms with Crippen molar-refractivity contribution in [3.63, 3.8) is 0 Å². The summed E-state index contributed by atoms with van der Waals surface area (Å²) in [6, 6.07) is 13.7. The molecular formula is C17H16O3. The highest BCUT2D eigenvalue weighted by molar-refractivity contribution is 5.54. The molecular weight excluding hydrogens is 252 g/mol. The summed E-state index contributed by atoms with van der Waals surface area (Å²) in [6.45, 7) is 4.19. The molecule has 1 unspecified atom stereocenters. The van der Waals surface area contributed by atoms with E-state index in [4.69, 9.17) is 14.2 Å². The molecule has 0 bridgehead atoms. The predicted octanol–water partition coefficient (Wildman–Crippen LogP) is 4.09. The van der Waals surface area contributed by atoms with Crippen LogP contribution >= 0.6 is 0 Å². The highest BCUT2D eigenvalue weighted by atomic mass is 16.5. The first-order valence-corrected chi connectivity index (χ1v) is 6.50. The monoisotopic (exact) mass is 268 g/mol. The van der Waals surface area contributed by atoms with Crippen LogP contribution in [0.2, 0.25) is 0 Å². The maximum atomic E-state index is 5.93. The molecule has 2 aromatic rings. The summed E-state index contributed by atoms with van der Waals surface area (Å²) in [6.07, 6.45) is 1.58. The zero-order valence-electron chi connectivity index (χ0n) is 11.3. The van der Waals surface area contributed by atoms with Gasteiger partial charge in [0.1, 0.15) is 23.4 Å². The van der Waals surface area contributed by atoms with Gasteiger partial charge in [0, 0.05) is 11.1 Å². The highest BCUT2D eigenvalue weighted by Gasteiger charge is 2.27. The van der Waals surface area contributed by atoms with Gasteiger partial charge in [-0.05, 0) is 24.3 Å².